The maximum Gasteiger partial charge on any atom is 0.349 e. The normalized spacial score (nSPS) is 16.4. The number of thiophene rings is 1. The molecule has 0 saturated carbocycles. The van der Waals surface area contributed by atoms with E-state index < -0.39 is 0 Å². The minimum atomic E-state index is -0.246. The molecule has 1 unspecified atom stereocenters. The molecule has 3 heterocycles. The van der Waals surface area contributed by atoms with Gasteiger partial charge in [-0.3, -0.25) is 4.57 Å². The van der Waals surface area contributed by atoms with Crippen LogP contribution in [0.1, 0.15) is 43.5 Å². The Labute approximate surface area is 185 Å². The van der Waals surface area contributed by atoms with Gasteiger partial charge in [-0.15, -0.1) is 11.3 Å². The summed E-state index contributed by atoms with van der Waals surface area (Å²) in [5, 5.41) is 1.13. The second-order valence-corrected chi connectivity index (χ2v) is 10.4. The molecule has 1 aliphatic rings. The molecular weight excluding hydrogens is 404 g/mol. The van der Waals surface area contributed by atoms with Crippen LogP contribution in [0.2, 0.25) is 0 Å². The summed E-state index contributed by atoms with van der Waals surface area (Å²) in [5.74, 6) is 1.26. The quantitative estimate of drug-likeness (QED) is 0.453. The second-order valence-electron chi connectivity index (χ2n) is 9.35. The van der Waals surface area contributed by atoms with Gasteiger partial charge in [0, 0.05) is 28.2 Å². The van der Waals surface area contributed by atoms with E-state index in [-0.39, 0.29) is 11.1 Å². The fourth-order valence-electron chi connectivity index (χ4n) is 4.54. The Morgan fingerprint density at radius 3 is 2.55 bits per heavy atom. The molecule has 0 radical (unpaired) electrons. The number of hydrogen-bond donors (Lipinski definition) is 0. The lowest BCUT2D eigenvalue weighted by Crippen LogP contribution is -2.26. The number of hydrogen-bond acceptors (Lipinski definition) is 5. The van der Waals surface area contributed by atoms with Crippen molar-refractivity contribution in [1.82, 2.24) is 19.5 Å². The number of aryl methyl sites for hydroxylation is 1. The van der Waals surface area contributed by atoms with Gasteiger partial charge < -0.3 is 0 Å². The third-order valence-corrected chi connectivity index (χ3v) is 7.64. The molecule has 1 aromatic carbocycles. The van der Waals surface area contributed by atoms with Crippen LogP contribution in [0.4, 0.5) is 0 Å². The highest BCUT2D eigenvalue weighted by atomic mass is 32.1. The standard InChI is InChI=1S/C25H26N4OS/c1-25(2,3)17-10-11-18-19(14-17)31-23-21(18)22(16-8-5-4-6-9-16)28-24(30)29(23)15-20-26-12-7-13-27-20/h4-9,12-13,17H,10-11,14-15H2,1-3H3. The van der Waals surface area contributed by atoms with Crippen LogP contribution in [0, 0.1) is 11.3 Å². The van der Waals surface area contributed by atoms with E-state index in [0.29, 0.717) is 18.3 Å². The van der Waals surface area contributed by atoms with Crippen LogP contribution in [-0.4, -0.2) is 19.5 Å². The first kappa shape index (κ1) is 20.1. The lowest BCUT2D eigenvalue weighted by atomic mass is 9.72. The van der Waals surface area contributed by atoms with Crippen molar-refractivity contribution < 1.29 is 0 Å². The maximum atomic E-state index is 13.2. The molecule has 5 rings (SSSR count). The maximum absolute atomic E-state index is 13.2. The summed E-state index contributed by atoms with van der Waals surface area (Å²) < 4.78 is 1.76. The minimum absolute atomic E-state index is 0.246. The zero-order valence-electron chi connectivity index (χ0n) is 18.1. The summed E-state index contributed by atoms with van der Waals surface area (Å²) in [6.07, 6.45) is 6.67. The van der Waals surface area contributed by atoms with Crippen molar-refractivity contribution in [2.24, 2.45) is 11.3 Å². The highest BCUT2D eigenvalue weighted by molar-refractivity contribution is 7.19. The minimum Gasteiger partial charge on any atom is -0.275 e. The van der Waals surface area contributed by atoms with E-state index in [0.717, 1.165) is 40.7 Å². The van der Waals surface area contributed by atoms with Crippen molar-refractivity contribution >= 4 is 21.6 Å². The summed E-state index contributed by atoms with van der Waals surface area (Å²) in [6, 6.07) is 11.9. The van der Waals surface area contributed by atoms with E-state index in [1.807, 2.05) is 30.3 Å². The predicted molar refractivity (Wildman–Crippen MR) is 125 cm³/mol. The van der Waals surface area contributed by atoms with Crippen LogP contribution in [0.15, 0.2) is 53.6 Å². The Kier molecular flexibility index (Phi) is 4.97. The van der Waals surface area contributed by atoms with Crippen LogP contribution in [0.5, 0.6) is 0 Å². The number of benzene rings is 1. The molecule has 0 amide bonds. The molecule has 6 heteroatoms. The first-order valence-electron chi connectivity index (χ1n) is 10.8. The Balaban J connectivity index is 1.74. The first-order valence-corrected chi connectivity index (χ1v) is 11.6. The molecule has 0 fully saturated rings. The Morgan fingerprint density at radius 1 is 1.10 bits per heavy atom. The zero-order chi connectivity index (χ0) is 21.6. The van der Waals surface area contributed by atoms with Gasteiger partial charge in [0.2, 0.25) is 0 Å². The SMILES string of the molecule is CC(C)(C)C1CCc2c(sc3c2c(-c2ccccc2)nc(=O)n3Cc2ncccn2)C1. The molecule has 4 aromatic rings. The van der Waals surface area contributed by atoms with Gasteiger partial charge in [0.15, 0.2) is 0 Å². The van der Waals surface area contributed by atoms with Gasteiger partial charge in [-0.1, -0.05) is 51.1 Å². The van der Waals surface area contributed by atoms with Crippen molar-refractivity contribution in [3.8, 4) is 11.3 Å². The summed E-state index contributed by atoms with van der Waals surface area (Å²) >= 11 is 1.76. The zero-order valence-corrected chi connectivity index (χ0v) is 18.9. The smallest absolute Gasteiger partial charge is 0.275 e. The van der Waals surface area contributed by atoms with Gasteiger partial charge in [0.25, 0.3) is 0 Å². The summed E-state index contributed by atoms with van der Waals surface area (Å²) in [7, 11) is 0. The summed E-state index contributed by atoms with van der Waals surface area (Å²) in [4.78, 5) is 28.8. The van der Waals surface area contributed by atoms with Crippen molar-refractivity contribution in [2.75, 3.05) is 0 Å². The number of rotatable bonds is 3. The number of aromatic nitrogens is 4. The van der Waals surface area contributed by atoms with Gasteiger partial charge in [0.05, 0.1) is 12.2 Å². The van der Waals surface area contributed by atoms with Crippen LogP contribution in [0.3, 0.4) is 0 Å². The van der Waals surface area contributed by atoms with E-state index in [1.54, 1.807) is 34.4 Å². The van der Waals surface area contributed by atoms with Crippen LogP contribution in [-0.2, 0) is 19.4 Å². The molecule has 3 aromatic heterocycles. The highest BCUT2D eigenvalue weighted by Gasteiger charge is 2.32. The van der Waals surface area contributed by atoms with Crippen molar-refractivity contribution in [3.05, 3.63) is 75.5 Å². The van der Waals surface area contributed by atoms with Crippen molar-refractivity contribution in [2.45, 2.75) is 46.6 Å². The van der Waals surface area contributed by atoms with Crippen molar-refractivity contribution in [3.63, 3.8) is 0 Å². The van der Waals surface area contributed by atoms with E-state index in [2.05, 4.69) is 35.7 Å². The molecule has 0 N–H and O–H groups in total. The lowest BCUT2D eigenvalue weighted by Gasteiger charge is -2.33. The average Bonchev–Trinajstić information content (AvgIpc) is 3.15. The fourth-order valence-corrected chi connectivity index (χ4v) is 5.96. The predicted octanol–water partition coefficient (Wildman–Crippen LogP) is 5.11. The molecule has 158 valence electrons. The van der Waals surface area contributed by atoms with Gasteiger partial charge in [-0.25, -0.2) is 14.8 Å². The Bertz CT molecular complexity index is 1290. The van der Waals surface area contributed by atoms with E-state index in [9.17, 15) is 4.79 Å². The van der Waals surface area contributed by atoms with E-state index >= 15 is 0 Å². The Hall–Kier alpha value is -2.86. The molecule has 0 bridgehead atoms. The average molecular weight is 431 g/mol. The number of fused-ring (bicyclic) bond motifs is 3. The molecule has 1 atom stereocenters. The lowest BCUT2D eigenvalue weighted by molar-refractivity contribution is 0.218. The summed E-state index contributed by atoms with van der Waals surface area (Å²) in [5.41, 5.74) is 3.19. The van der Waals surface area contributed by atoms with E-state index in [1.165, 1.54) is 10.4 Å². The fraction of sp³-hybridized carbons (Fsp3) is 0.360. The van der Waals surface area contributed by atoms with Gasteiger partial charge >= 0.3 is 5.69 Å². The molecule has 5 nitrogen and oxygen atoms in total. The monoisotopic (exact) mass is 430 g/mol. The molecule has 0 aliphatic heterocycles. The third-order valence-electron chi connectivity index (χ3n) is 6.36. The molecular formula is C25H26N4OS. The first-order chi connectivity index (χ1) is 14.9. The third kappa shape index (κ3) is 3.69. The van der Waals surface area contributed by atoms with Gasteiger partial charge in [-0.2, -0.15) is 4.98 Å². The van der Waals surface area contributed by atoms with Gasteiger partial charge in [-0.05, 0) is 42.2 Å². The summed E-state index contributed by atoms with van der Waals surface area (Å²) in [6.45, 7) is 7.32. The van der Waals surface area contributed by atoms with Crippen molar-refractivity contribution in [1.29, 1.82) is 0 Å². The van der Waals surface area contributed by atoms with Crippen LogP contribution < -0.4 is 5.69 Å². The highest BCUT2D eigenvalue weighted by Crippen LogP contribution is 2.45. The molecule has 0 spiro atoms. The van der Waals surface area contributed by atoms with Crippen LogP contribution in [0.25, 0.3) is 21.5 Å². The molecule has 0 saturated heterocycles. The topological polar surface area (TPSA) is 60.7 Å². The number of nitrogens with zero attached hydrogens (tertiary/aromatic N) is 4. The Morgan fingerprint density at radius 2 is 1.84 bits per heavy atom. The van der Waals surface area contributed by atoms with Gasteiger partial charge in [0.1, 0.15) is 10.7 Å². The molecule has 31 heavy (non-hydrogen) atoms. The van der Waals surface area contributed by atoms with Crippen LogP contribution >= 0.6 is 11.3 Å². The van der Waals surface area contributed by atoms with E-state index in [4.69, 9.17) is 0 Å². The largest absolute Gasteiger partial charge is 0.349 e. The second kappa shape index (κ2) is 7.68. The molecule has 1 aliphatic carbocycles.